The fourth-order valence-corrected chi connectivity index (χ4v) is 1.72. The van der Waals surface area contributed by atoms with Crippen LogP contribution in [0.25, 0.3) is 0 Å². The van der Waals surface area contributed by atoms with Crippen molar-refractivity contribution >= 4 is 11.5 Å². The SMILES string of the molecule is O=C(C(=CO)N=Nc1cccc(C(F)(F)F)c1)c1ccccc1. The summed E-state index contributed by atoms with van der Waals surface area (Å²) in [4.78, 5) is 12.1. The van der Waals surface area contributed by atoms with Crippen LogP contribution in [-0.2, 0) is 6.18 Å². The van der Waals surface area contributed by atoms with Crippen molar-refractivity contribution in [3.05, 3.63) is 77.7 Å². The van der Waals surface area contributed by atoms with Gasteiger partial charge in [-0.3, -0.25) is 4.79 Å². The number of hydrogen-bond acceptors (Lipinski definition) is 4. The number of rotatable bonds is 4. The quantitative estimate of drug-likeness (QED) is 0.370. The molecule has 7 heteroatoms. The molecule has 0 unspecified atom stereocenters. The van der Waals surface area contributed by atoms with E-state index in [1.54, 1.807) is 18.2 Å². The van der Waals surface area contributed by atoms with Gasteiger partial charge in [0.15, 0.2) is 5.70 Å². The fraction of sp³-hybridized carbons (Fsp3) is 0.0625. The van der Waals surface area contributed by atoms with Crippen LogP contribution in [0, 0.1) is 0 Å². The number of ketones is 1. The molecule has 0 aliphatic heterocycles. The van der Waals surface area contributed by atoms with Crippen molar-refractivity contribution in [2.24, 2.45) is 10.2 Å². The summed E-state index contributed by atoms with van der Waals surface area (Å²) in [6.45, 7) is 0. The molecule has 0 aromatic heterocycles. The Labute approximate surface area is 129 Å². The first-order valence-electron chi connectivity index (χ1n) is 6.45. The average molecular weight is 320 g/mol. The largest absolute Gasteiger partial charge is 0.513 e. The number of allylic oxidation sites excluding steroid dienone is 1. The Morgan fingerprint density at radius 1 is 1.04 bits per heavy atom. The summed E-state index contributed by atoms with van der Waals surface area (Å²) in [5.41, 5.74) is -1.07. The number of halogens is 3. The Kier molecular flexibility index (Phi) is 4.90. The van der Waals surface area contributed by atoms with E-state index in [2.05, 4.69) is 10.2 Å². The molecule has 0 aliphatic carbocycles. The van der Waals surface area contributed by atoms with Crippen molar-refractivity contribution < 1.29 is 23.1 Å². The number of alkyl halides is 3. The molecule has 0 saturated heterocycles. The summed E-state index contributed by atoms with van der Waals surface area (Å²) in [6.07, 6.45) is -4.03. The van der Waals surface area contributed by atoms with Crippen LogP contribution in [0.3, 0.4) is 0 Å². The minimum Gasteiger partial charge on any atom is -0.513 e. The fourth-order valence-electron chi connectivity index (χ4n) is 1.72. The average Bonchev–Trinajstić information content (AvgIpc) is 2.55. The molecule has 0 aliphatic rings. The van der Waals surface area contributed by atoms with E-state index < -0.39 is 17.5 Å². The van der Waals surface area contributed by atoms with Gasteiger partial charge in [-0.2, -0.15) is 18.3 Å². The van der Waals surface area contributed by atoms with Gasteiger partial charge < -0.3 is 5.11 Å². The second-order valence-electron chi connectivity index (χ2n) is 4.46. The summed E-state index contributed by atoms with van der Waals surface area (Å²) in [7, 11) is 0. The minimum atomic E-state index is -4.50. The van der Waals surface area contributed by atoms with Crippen LogP contribution >= 0.6 is 0 Å². The number of hydrogen-bond donors (Lipinski definition) is 1. The molecule has 0 fully saturated rings. The van der Waals surface area contributed by atoms with E-state index in [0.29, 0.717) is 6.26 Å². The van der Waals surface area contributed by atoms with Crippen LogP contribution in [0.1, 0.15) is 15.9 Å². The van der Waals surface area contributed by atoms with E-state index in [-0.39, 0.29) is 16.9 Å². The van der Waals surface area contributed by atoms with E-state index in [4.69, 9.17) is 5.11 Å². The van der Waals surface area contributed by atoms with E-state index in [0.717, 1.165) is 12.1 Å². The van der Waals surface area contributed by atoms with Crippen molar-refractivity contribution in [1.82, 2.24) is 0 Å². The number of Topliss-reactive ketones (excluding diaryl/α,β-unsaturated/α-hetero) is 1. The van der Waals surface area contributed by atoms with Gasteiger partial charge in [-0.25, -0.2) is 0 Å². The van der Waals surface area contributed by atoms with Crippen LogP contribution in [-0.4, -0.2) is 10.9 Å². The predicted molar refractivity (Wildman–Crippen MR) is 77.4 cm³/mol. The Morgan fingerprint density at radius 2 is 1.74 bits per heavy atom. The molecule has 0 saturated carbocycles. The molecule has 0 radical (unpaired) electrons. The molecule has 0 atom stereocenters. The summed E-state index contributed by atoms with van der Waals surface area (Å²) in [6, 6.07) is 12.2. The summed E-state index contributed by atoms with van der Waals surface area (Å²) in [5, 5.41) is 16.2. The minimum absolute atomic E-state index is 0.0833. The molecular weight excluding hydrogens is 309 g/mol. The summed E-state index contributed by atoms with van der Waals surface area (Å²) >= 11 is 0. The standard InChI is InChI=1S/C16H11F3N2O2/c17-16(18,19)12-7-4-8-13(9-12)20-21-14(10-22)15(23)11-5-2-1-3-6-11/h1-10,22H. The van der Waals surface area contributed by atoms with Gasteiger partial charge in [0.25, 0.3) is 0 Å². The van der Waals surface area contributed by atoms with Gasteiger partial charge in [-0.05, 0) is 18.2 Å². The lowest BCUT2D eigenvalue weighted by atomic mass is 10.1. The number of aliphatic hydroxyl groups excluding tert-OH is 1. The molecule has 2 rings (SSSR count). The maximum atomic E-state index is 12.6. The molecule has 118 valence electrons. The van der Waals surface area contributed by atoms with Crippen LogP contribution in [0.4, 0.5) is 18.9 Å². The number of carbonyl (C=O) groups is 1. The Balaban J connectivity index is 2.23. The first-order valence-corrected chi connectivity index (χ1v) is 6.45. The summed E-state index contributed by atoms with van der Waals surface area (Å²) in [5.74, 6) is -0.594. The molecule has 0 spiro atoms. The lowest BCUT2D eigenvalue weighted by Gasteiger charge is -2.06. The van der Waals surface area contributed by atoms with Crippen molar-refractivity contribution in [3.8, 4) is 0 Å². The van der Waals surface area contributed by atoms with Gasteiger partial charge in [0.2, 0.25) is 5.78 Å². The first kappa shape index (κ1) is 16.4. The second-order valence-corrected chi connectivity index (χ2v) is 4.46. The third-order valence-corrected chi connectivity index (χ3v) is 2.84. The third-order valence-electron chi connectivity index (χ3n) is 2.84. The van der Waals surface area contributed by atoms with Gasteiger partial charge in [-0.1, -0.05) is 36.4 Å². The van der Waals surface area contributed by atoms with Gasteiger partial charge in [-0.15, -0.1) is 5.11 Å². The van der Waals surface area contributed by atoms with Gasteiger partial charge in [0.1, 0.15) is 6.26 Å². The van der Waals surface area contributed by atoms with Crippen LogP contribution in [0.5, 0.6) is 0 Å². The molecule has 0 bridgehead atoms. The molecule has 4 nitrogen and oxygen atoms in total. The van der Waals surface area contributed by atoms with Crippen molar-refractivity contribution in [1.29, 1.82) is 0 Å². The maximum absolute atomic E-state index is 12.6. The predicted octanol–water partition coefficient (Wildman–Crippen LogP) is 5.07. The topological polar surface area (TPSA) is 62.0 Å². The zero-order valence-corrected chi connectivity index (χ0v) is 11.7. The number of benzene rings is 2. The zero-order valence-electron chi connectivity index (χ0n) is 11.7. The highest BCUT2D eigenvalue weighted by molar-refractivity contribution is 6.08. The molecule has 2 aromatic carbocycles. The van der Waals surface area contributed by atoms with E-state index in [9.17, 15) is 18.0 Å². The number of aliphatic hydroxyl groups is 1. The number of azo groups is 1. The first-order chi connectivity index (χ1) is 10.9. The molecule has 0 heterocycles. The highest BCUT2D eigenvalue weighted by Crippen LogP contribution is 2.31. The highest BCUT2D eigenvalue weighted by Gasteiger charge is 2.30. The smallest absolute Gasteiger partial charge is 0.416 e. The van der Waals surface area contributed by atoms with E-state index in [1.165, 1.54) is 24.3 Å². The lowest BCUT2D eigenvalue weighted by molar-refractivity contribution is -0.137. The summed E-state index contributed by atoms with van der Waals surface area (Å²) < 4.78 is 37.8. The van der Waals surface area contributed by atoms with Crippen LogP contribution < -0.4 is 0 Å². The Bertz CT molecular complexity index is 753. The zero-order chi connectivity index (χ0) is 16.9. The highest BCUT2D eigenvalue weighted by atomic mass is 19.4. The monoisotopic (exact) mass is 320 g/mol. The maximum Gasteiger partial charge on any atom is 0.416 e. The van der Waals surface area contributed by atoms with Gasteiger partial charge in [0.05, 0.1) is 11.3 Å². The third kappa shape index (κ3) is 4.26. The molecule has 1 N–H and O–H groups in total. The molecule has 0 amide bonds. The van der Waals surface area contributed by atoms with Gasteiger partial charge in [0, 0.05) is 5.56 Å². The van der Waals surface area contributed by atoms with Crippen molar-refractivity contribution in [2.45, 2.75) is 6.18 Å². The number of nitrogens with zero attached hydrogens (tertiary/aromatic N) is 2. The Hall–Kier alpha value is -2.96. The van der Waals surface area contributed by atoms with Crippen molar-refractivity contribution in [3.63, 3.8) is 0 Å². The normalized spacial score (nSPS) is 12.6. The van der Waals surface area contributed by atoms with E-state index in [1.807, 2.05) is 0 Å². The Morgan fingerprint density at radius 3 is 2.35 bits per heavy atom. The lowest BCUT2D eigenvalue weighted by Crippen LogP contribution is -2.03. The number of carbonyl (C=O) groups excluding carboxylic acids is 1. The van der Waals surface area contributed by atoms with Gasteiger partial charge >= 0.3 is 6.18 Å². The van der Waals surface area contributed by atoms with Crippen LogP contribution in [0.2, 0.25) is 0 Å². The molecule has 23 heavy (non-hydrogen) atoms. The van der Waals surface area contributed by atoms with Crippen molar-refractivity contribution in [2.75, 3.05) is 0 Å². The van der Waals surface area contributed by atoms with Crippen LogP contribution in [0.15, 0.2) is 76.8 Å². The van der Waals surface area contributed by atoms with E-state index >= 15 is 0 Å². The molecular formula is C16H11F3N2O2. The molecule has 2 aromatic rings. The second kappa shape index (κ2) is 6.87.